The third kappa shape index (κ3) is 4.60. The van der Waals surface area contributed by atoms with Crippen molar-refractivity contribution in [1.29, 1.82) is 0 Å². The number of nitrogens with zero attached hydrogens (tertiary/aromatic N) is 2. The molecule has 1 aliphatic heterocycles. The van der Waals surface area contributed by atoms with E-state index in [1.165, 1.54) is 0 Å². The second kappa shape index (κ2) is 8.33. The summed E-state index contributed by atoms with van der Waals surface area (Å²) < 4.78 is 5.46. The average molecular weight is 335 g/mol. The van der Waals surface area contributed by atoms with Crippen LogP contribution < -0.4 is 5.32 Å². The van der Waals surface area contributed by atoms with Gasteiger partial charge in [0.05, 0.1) is 18.2 Å². The summed E-state index contributed by atoms with van der Waals surface area (Å²) in [6.07, 6.45) is 3.36. The molecule has 134 valence electrons. The van der Waals surface area contributed by atoms with Crippen molar-refractivity contribution >= 4 is 11.8 Å². The molecule has 0 spiro atoms. The van der Waals surface area contributed by atoms with Gasteiger partial charge in [0.2, 0.25) is 11.8 Å². The molecule has 1 aliphatic rings. The summed E-state index contributed by atoms with van der Waals surface area (Å²) in [5.74, 6) is 0.842. The van der Waals surface area contributed by atoms with E-state index in [2.05, 4.69) is 5.32 Å². The maximum Gasteiger partial charge on any atom is 0.225 e. The second-order valence-electron chi connectivity index (χ2n) is 7.02. The molecule has 2 atom stereocenters. The zero-order valence-electron chi connectivity index (χ0n) is 15.1. The first kappa shape index (κ1) is 18.5. The molecule has 0 radical (unpaired) electrons. The molecule has 1 fully saturated rings. The van der Waals surface area contributed by atoms with E-state index < -0.39 is 0 Å². The van der Waals surface area contributed by atoms with Gasteiger partial charge in [-0.15, -0.1) is 0 Å². The fourth-order valence-electron chi connectivity index (χ4n) is 3.12. The number of nitrogens with one attached hydrogen (secondary N) is 1. The maximum atomic E-state index is 12.5. The van der Waals surface area contributed by atoms with Crippen LogP contribution in [0.4, 0.5) is 0 Å². The predicted molar refractivity (Wildman–Crippen MR) is 92.3 cm³/mol. The number of amides is 2. The Morgan fingerprint density at radius 2 is 2.17 bits per heavy atom. The highest BCUT2D eigenvalue weighted by Crippen LogP contribution is 2.20. The number of carbonyl (C=O) groups excluding carboxylic acids is 2. The Hall–Kier alpha value is -1.82. The van der Waals surface area contributed by atoms with Gasteiger partial charge in [0.1, 0.15) is 5.76 Å². The molecule has 1 aromatic heterocycles. The van der Waals surface area contributed by atoms with Crippen LogP contribution in [0.3, 0.4) is 0 Å². The van der Waals surface area contributed by atoms with Crippen LogP contribution in [0, 0.1) is 11.8 Å². The van der Waals surface area contributed by atoms with Gasteiger partial charge in [-0.05, 0) is 39.1 Å². The number of rotatable bonds is 6. The zero-order valence-corrected chi connectivity index (χ0v) is 15.1. The average Bonchev–Trinajstić information content (AvgIpc) is 3.08. The van der Waals surface area contributed by atoms with Crippen LogP contribution >= 0.6 is 0 Å². The molecule has 2 amide bonds. The number of likely N-dealkylation sites (N-methyl/N-ethyl adjacent to an activating group) is 1. The predicted octanol–water partition coefficient (Wildman–Crippen LogP) is 1.89. The molecule has 0 unspecified atom stereocenters. The minimum Gasteiger partial charge on any atom is -0.468 e. The van der Waals surface area contributed by atoms with Gasteiger partial charge in [-0.3, -0.25) is 14.5 Å². The summed E-state index contributed by atoms with van der Waals surface area (Å²) >= 11 is 0. The third-order valence-corrected chi connectivity index (χ3v) is 4.56. The lowest BCUT2D eigenvalue weighted by atomic mass is 9.96. The van der Waals surface area contributed by atoms with Crippen molar-refractivity contribution in [2.75, 3.05) is 33.7 Å². The Morgan fingerprint density at radius 3 is 2.75 bits per heavy atom. The third-order valence-electron chi connectivity index (χ3n) is 4.56. The van der Waals surface area contributed by atoms with Crippen LogP contribution in [0.1, 0.15) is 38.5 Å². The second-order valence-corrected chi connectivity index (χ2v) is 7.02. The number of hydrogen-bond donors (Lipinski definition) is 1. The summed E-state index contributed by atoms with van der Waals surface area (Å²) in [5, 5.41) is 3.03. The monoisotopic (exact) mass is 335 g/mol. The standard InChI is InChI=1S/C18H29N3O3/c1-13(2)18(23)21-9-5-7-14(12-21)17(22)19-11-15(20(3)4)16-8-6-10-24-16/h6,8,10,13-15H,5,7,9,11-12H2,1-4H3,(H,19,22)/t14-,15+/m0/s1. The largest absolute Gasteiger partial charge is 0.468 e. The molecule has 0 aliphatic carbocycles. The topological polar surface area (TPSA) is 65.8 Å². The lowest BCUT2D eigenvalue weighted by molar-refractivity contribution is -0.138. The summed E-state index contributed by atoms with van der Waals surface area (Å²) in [4.78, 5) is 28.5. The van der Waals surface area contributed by atoms with E-state index in [1.807, 2.05) is 49.9 Å². The van der Waals surface area contributed by atoms with Gasteiger partial charge >= 0.3 is 0 Å². The number of hydrogen-bond acceptors (Lipinski definition) is 4. The lowest BCUT2D eigenvalue weighted by Crippen LogP contribution is -2.47. The van der Waals surface area contributed by atoms with Crippen molar-refractivity contribution in [3.05, 3.63) is 24.2 Å². The van der Waals surface area contributed by atoms with Crippen LogP contribution in [-0.4, -0.2) is 55.3 Å². The highest BCUT2D eigenvalue weighted by atomic mass is 16.3. The SMILES string of the molecule is CC(C)C(=O)N1CCC[C@H](C(=O)NC[C@H](c2ccco2)N(C)C)C1. The van der Waals surface area contributed by atoms with E-state index in [-0.39, 0.29) is 29.7 Å². The Labute approximate surface area is 144 Å². The molecule has 1 N–H and O–H groups in total. The Balaban J connectivity index is 1.90. The van der Waals surface area contributed by atoms with E-state index in [1.54, 1.807) is 6.26 Å². The molecule has 1 aromatic rings. The highest BCUT2D eigenvalue weighted by Gasteiger charge is 2.30. The molecule has 1 saturated heterocycles. The summed E-state index contributed by atoms with van der Waals surface area (Å²) in [7, 11) is 3.92. The van der Waals surface area contributed by atoms with E-state index >= 15 is 0 Å². The first-order valence-electron chi connectivity index (χ1n) is 8.66. The molecular formula is C18H29N3O3. The molecule has 2 heterocycles. The highest BCUT2D eigenvalue weighted by molar-refractivity contribution is 5.82. The van der Waals surface area contributed by atoms with Crippen molar-refractivity contribution in [2.24, 2.45) is 11.8 Å². The van der Waals surface area contributed by atoms with Crippen LogP contribution in [0.2, 0.25) is 0 Å². The molecule has 6 heteroatoms. The van der Waals surface area contributed by atoms with Crippen LogP contribution in [-0.2, 0) is 9.59 Å². The van der Waals surface area contributed by atoms with Gasteiger partial charge in [0.15, 0.2) is 0 Å². The fraction of sp³-hybridized carbons (Fsp3) is 0.667. The zero-order chi connectivity index (χ0) is 17.7. The van der Waals surface area contributed by atoms with E-state index in [4.69, 9.17) is 4.42 Å². The smallest absolute Gasteiger partial charge is 0.225 e. The van der Waals surface area contributed by atoms with Crippen molar-refractivity contribution in [2.45, 2.75) is 32.7 Å². The van der Waals surface area contributed by atoms with E-state index in [0.717, 1.165) is 25.1 Å². The van der Waals surface area contributed by atoms with Gasteiger partial charge in [0, 0.05) is 25.6 Å². The molecule has 0 aromatic carbocycles. The summed E-state index contributed by atoms with van der Waals surface area (Å²) in [6, 6.07) is 3.77. The van der Waals surface area contributed by atoms with Crippen molar-refractivity contribution in [3.8, 4) is 0 Å². The quantitative estimate of drug-likeness (QED) is 0.862. The molecule has 24 heavy (non-hydrogen) atoms. The molecule has 6 nitrogen and oxygen atoms in total. The molecular weight excluding hydrogens is 306 g/mol. The van der Waals surface area contributed by atoms with E-state index in [9.17, 15) is 9.59 Å². The molecule has 0 saturated carbocycles. The number of carbonyl (C=O) groups is 2. The Kier molecular flexibility index (Phi) is 6.43. The minimum absolute atomic E-state index is 0.000870. The van der Waals surface area contributed by atoms with E-state index in [0.29, 0.717) is 13.1 Å². The van der Waals surface area contributed by atoms with Crippen LogP contribution in [0.5, 0.6) is 0 Å². The Morgan fingerprint density at radius 1 is 1.42 bits per heavy atom. The minimum atomic E-state index is -0.124. The lowest BCUT2D eigenvalue weighted by Gasteiger charge is -2.33. The normalized spacial score (nSPS) is 19.6. The first-order valence-corrected chi connectivity index (χ1v) is 8.66. The van der Waals surface area contributed by atoms with Crippen molar-refractivity contribution < 1.29 is 14.0 Å². The van der Waals surface area contributed by atoms with Crippen molar-refractivity contribution in [3.63, 3.8) is 0 Å². The summed E-state index contributed by atoms with van der Waals surface area (Å²) in [5.41, 5.74) is 0. The Bertz CT molecular complexity index is 540. The van der Waals surface area contributed by atoms with Crippen LogP contribution in [0.25, 0.3) is 0 Å². The fourth-order valence-corrected chi connectivity index (χ4v) is 3.12. The summed E-state index contributed by atoms with van der Waals surface area (Å²) in [6.45, 7) is 5.58. The first-order chi connectivity index (χ1) is 11.4. The molecule has 0 bridgehead atoms. The van der Waals surface area contributed by atoms with Gasteiger partial charge in [-0.25, -0.2) is 0 Å². The number of piperidine rings is 1. The maximum absolute atomic E-state index is 12.5. The number of furan rings is 1. The molecule has 2 rings (SSSR count). The van der Waals surface area contributed by atoms with Gasteiger partial charge < -0.3 is 14.6 Å². The van der Waals surface area contributed by atoms with Crippen molar-refractivity contribution in [1.82, 2.24) is 15.1 Å². The van der Waals surface area contributed by atoms with Gasteiger partial charge in [0.25, 0.3) is 0 Å². The number of likely N-dealkylation sites (tertiary alicyclic amines) is 1. The van der Waals surface area contributed by atoms with Crippen LogP contribution in [0.15, 0.2) is 22.8 Å². The van der Waals surface area contributed by atoms with Gasteiger partial charge in [-0.2, -0.15) is 0 Å². The van der Waals surface area contributed by atoms with Gasteiger partial charge in [-0.1, -0.05) is 13.8 Å².